The smallest absolute Gasteiger partial charge is 0.393 e. The lowest BCUT2D eigenvalue weighted by molar-refractivity contribution is -0.177. The van der Waals surface area contributed by atoms with Gasteiger partial charge in [-0.25, -0.2) is 0 Å². The third-order valence-electron chi connectivity index (χ3n) is 15.0. The number of rotatable bonds is 12. The molecule has 0 heterocycles. The van der Waals surface area contributed by atoms with Crippen LogP contribution >= 0.6 is 0 Å². The molecule has 6 aliphatic carbocycles. The predicted octanol–water partition coefficient (Wildman–Crippen LogP) is 8.56. The van der Waals surface area contributed by atoms with Crippen LogP contribution < -0.4 is 0 Å². The number of Topliss-reactive ketones (excluding diaryl/α,β-unsaturated/α-hetero) is 1. The number of ether oxygens (including phenoxy) is 1. The van der Waals surface area contributed by atoms with Gasteiger partial charge in [-0.15, -0.1) is 0 Å². The Bertz CT molecular complexity index is 1990. The molecule has 9 unspecified atom stereocenters. The molecule has 9 rings (SSSR count). The van der Waals surface area contributed by atoms with Crippen molar-refractivity contribution in [1.29, 1.82) is 0 Å². The van der Waals surface area contributed by atoms with E-state index in [1.807, 2.05) is 66.7 Å². The maximum absolute atomic E-state index is 14.9. The number of hydrogen-bond donors (Lipinski definition) is 3. The van der Waals surface area contributed by atoms with Crippen LogP contribution in [0, 0.1) is 33.5 Å². The van der Waals surface area contributed by atoms with Gasteiger partial charge in [0.05, 0.1) is 36.6 Å². The van der Waals surface area contributed by atoms with Crippen molar-refractivity contribution < 1.29 is 38.0 Å². The van der Waals surface area contributed by atoms with E-state index in [1.165, 1.54) is 12.1 Å². The van der Waals surface area contributed by atoms with E-state index in [4.69, 9.17) is 4.74 Å². The van der Waals surface area contributed by atoms with Crippen LogP contribution in [0.4, 0.5) is 13.2 Å². The molecule has 0 saturated heterocycles. The SMILES string of the molecule is CC12CCC(O)CC13C=CC1(C(C(=O)c4cccc(C(F)(F)F)c4)=C3)C2CCC2(C)C1CCC2(O)CN(Cc1ccccc1)CC(O)COCc1ccccc1. The maximum Gasteiger partial charge on any atom is 0.416 e. The number of aliphatic hydroxyl groups is 3. The molecule has 3 fully saturated rings. The zero-order valence-corrected chi connectivity index (χ0v) is 32.3. The van der Waals surface area contributed by atoms with Crippen LogP contribution in [0.2, 0.25) is 0 Å². The van der Waals surface area contributed by atoms with Crippen LogP contribution in [0.15, 0.2) is 109 Å². The average molecular weight is 770 g/mol. The number of alkyl halides is 3. The van der Waals surface area contributed by atoms with E-state index in [2.05, 4.69) is 30.9 Å². The summed E-state index contributed by atoms with van der Waals surface area (Å²) in [5.74, 6) is -0.571. The fourth-order valence-corrected chi connectivity index (χ4v) is 12.2. The molecule has 6 aliphatic rings. The number of benzene rings is 3. The molecule has 6 nitrogen and oxygen atoms in total. The fraction of sp³-hybridized carbons (Fsp3) is 0.511. The van der Waals surface area contributed by atoms with Gasteiger partial charge < -0.3 is 20.1 Å². The molecule has 298 valence electrons. The van der Waals surface area contributed by atoms with Gasteiger partial charge in [0.2, 0.25) is 0 Å². The predicted molar refractivity (Wildman–Crippen MR) is 208 cm³/mol. The molecule has 0 amide bonds. The minimum atomic E-state index is -4.60. The Morgan fingerprint density at radius 3 is 2.25 bits per heavy atom. The first kappa shape index (κ1) is 39.2. The molecule has 9 atom stereocenters. The first-order valence-electron chi connectivity index (χ1n) is 20.2. The summed E-state index contributed by atoms with van der Waals surface area (Å²) in [7, 11) is 0. The summed E-state index contributed by atoms with van der Waals surface area (Å²) in [4.78, 5) is 17.0. The molecule has 2 bridgehead atoms. The van der Waals surface area contributed by atoms with Crippen molar-refractivity contribution in [2.24, 2.45) is 33.5 Å². The van der Waals surface area contributed by atoms with Crippen LogP contribution in [-0.4, -0.2) is 63.5 Å². The number of hydrogen-bond acceptors (Lipinski definition) is 6. The second kappa shape index (κ2) is 14.3. The lowest BCUT2D eigenvalue weighted by Gasteiger charge is -2.71. The number of carbonyl (C=O) groups is 1. The second-order valence-corrected chi connectivity index (χ2v) is 18.0. The normalized spacial score (nSPS) is 35.1. The summed E-state index contributed by atoms with van der Waals surface area (Å²) in [6, 6.07) is 24.6. The van der Waals surface area contributed by atoms with E-state index in [-0.39, 0.29) is 36.0 Å². The molecule has 3 aromatic rings. The van der Waals surface area contributed by atoms with Crippen molar-refractivity contribution in [2.75, 3.05) is 19.7 Å². The van der Waals surface area contributed by atoms with Crippen molar-refractivity contribution in [1.82, 2.24) is 4.90 Å². The third-order valence-corrected chi connectivity index (χ3v) is 15.0. The van der Waals surface area contributed by atoms with Crippen molar-refractivity contribution in [3.05, 3.63) is 131 Å². The number of aliphatic hydroxyl groups excluding tert-OH is 2. The van der Waals surface area contributed by atoms with Gasteiger partial charge >= 0.3 is 6.18 Å². The number of nitrogens with zero attached hydrogens (tertiary/aromatic N) is 1. The Balaban J connectivity index is 1.13. The molecular formula is C47H54F3NO5. The van der Waals surface area contributed by atoms with Crippen molar-refractivity contribution in [3.8, 4) is 0 Å². The summed E-state index contributed by atoms with van der Waals surface area (Å²) in [6.45, 7) is 6.04. The van der Waals surface area contributed by atoms with E-state index in [9.17, 15) is 33.3 Å². The largest absolute Gasteiger partial charge is 0.416 e. The van der Waals surface area contributed by atoms with Gasteiger partial charge in [0.25, 0.3) is 0 Å². The molecule has 3 aromatic carbocycles. The molecule has 56 heavy (non-hydrogen) atoms. The monoisotopic (exact) mass is 769 g/mol. The van der Waals surface area contributed by atoms with Crippen molar-refractivity contribution in [3.63, 3.8) is 0 Å². The highest BCUT2D eigenvalue weighted by atomic mass is 19.4. The standard InChI is InChI=1S/C47H54F3NO5/c1-42-19-16-36(52)25-44(42)22-23-46(38(26-44)41(54)34-14-9-15-35(24-34)47(48,49)50)39(42)17-20-43(2)40(46)18-21-45(43,55)31-51(27-32-10-5-3-6-11-32)28-37(53)30-56-29-33-12-7-4-8-13-33/h3-15,22-24,26,36-37,39-40,52-53,55H,16-21,25,27-31H2,1-2H3. The second-order valence-electron chi connectivity index (χ2n) is 18.0. The maximum atomic E-state index is 14.9. The molecule has 3 saturated carbocycles. The zero-order chi connectivity index (χ0) is 39.6. The van der Waals surface area contributed by atoms with Gasteiger partial charge in [-0.05, 0) is 85.5 Å². The molecule has 2 spiro atoms. The van der Waals surface area contributed by atoms with Crippen molar-refractivity contribution >= 4 is 5.78 Å². The molecule has 0 aliphatic heterocycles. The highest BCUT2D eigenvalue weighted by Crippen LogP contribution is 2.78. The Kier molecular flexibility index (Phi) is 10.1. The molecule has 0 aromatic heterocycles. The number of fused-ring (bicyclic) bond motifs is 1. The average Bonchev–Trinajstić information content (AvgIpc) is 3.44. The lowest BCUT2D eigenvalue weighted by atomic mass is 9.32. The van der Waals surface area contributed by atoms with E-state index in [1.54, 1.807) is 0 Å². The Morgan fingerprint density at radius 2 is 1.54 bits per heavy atom. The Hall–Kier alpha value is -3.60. The number of allylic oxidation sites excluding steroid dienone is 4. The third kappa shape index (κ3) is 6.42. The highest BCUT2D eigenvalue weighted by molar-refractivity contribution is 6.10. The molecule has 0 radical (unpaired) electrons. The zero-order valence-electron chi connectivity index (χ0n) is 32.3. The van der Waals surface area contributed by atoms with E-state index >= 15 is 0 Å². The molecular weight excluding hydrogens is 716 g/mol. The van der Waals surface area contributed by atoms with E-state index in [0.29, 0.717) is 51.0 Å². The Morgan fingerprint density at radius 1 is 0.875 bits per heavy atom. The lowest BCUT2D eigenvalue weighted by Crippen LogP contribution is -2.67. The summed E-state index contributed by atoms with van der Waals surface area (Å²) >= 11 is 0. The van der Waals surface area contributed by atoms with E-state index in [0.717, 1.165) is 42.5 Å². The van der Waals surface area contributed by atoms with Gasteiger partial charge in [-0.1, -0.05) is 105 Å². The fourth-order valence-electron chi connectivity index (χ4n) is 12.2. The Labute approximate surface area is 328 Å². The topological polar surface area (TPSA) is 90.2 Å². The van der Waals surface area contributed by atoms with Crippen LogP contribution in [-0.2, 0) is 24.1 Å². The van der Waals surface area contributed by atoms with Gasteiger partial charge in [0.1, 0.15) is 0 Å². The van der Waals surface area contributed by atoms with Crippen LogP contribution in [0.25, 0.3) is 0 Å². The van der Waals surface area contributed by atoms with Crippen LogP contribution in [0.5, 0.6) is 0 Å². The first-order valence-corrected chi connectivity index (χ1v) is 20.2. The van der Waals surface area contributed by atoms with Crippen LogP contribution in [0.3, 0.4) is 0 Å². The summed E-state index contributed by atoms with van der Waals surface area (Å²) in [5.41, 5.74) is -1.80. The van der Waals surface area contributed by atoms with Crippen molar-refractivity contribution in [2.45, 2.75) is 95.9 Å². The molecule has 3 N–H and O–H groups in total. The minimum absolute atomic E-state index is 0.00619. The quantitative estimate of drug-likeness (QED) is 0.126. The van der Waals surface area contributed by atoms with Gasteiger partial charge in [-0.3, -0.25) is 9.69 Å². The highest BCUT2D eigenvalue weighted by Gasteiger charge is 2.74. The van der Waals surface area contributed by atoms with Gasteiger partial charge in [0, 0.05) is 47.0 Å². The number of carbonyl (C=O) groups excluding carboxylic acids is 1. The van der Waals surface area contributed by atoms with Gasteiger partial charge in [-0.2, -0.15) is 13.2 Å². The summed E-state index contributed by atoms with van der Waals surface area (Å²) < 4.78 is 47.8. The number of halogens is 3. The molecule has 9 heteroatoms. The summed E-state index contributed by atoms with van der Waals surface area (Å²) in [5, 5.41) is 35.4. The number of ketones is 1. The van der Waals surface area contributed by atoms with Gasteiger partial charge in [0.15, 0.2) is 5.78 Å². The summed E-state index contributed by atoms with van der Waals surface area (Å²) in [6.07, 6.45) is 4.92. The minimum Gasteiger partial charge on any atom is -0.393 e. The van der Waals surface area contributed by atoms with E-state index < -0.39 is 51.6 Å². The first-order chi connectivity index (χ1) is 26.6. The van der Waals surface area contributed by atoms with Crippen LogP contribution in [0.1, 0.15) is 85.8 Å².